The highest BCUT2D eigenvalue weighted by Gasteiger charge is 2.31. The summed E-state index contributed by atoms with van der Waals surface area (Å²) in [5, 5.41) is 37.8. The maximum Gasteiger partial charge on any atom is 0.408 e. The van der Waals surface area contributed by atoms with Crippen molar-refractivity contribution in [3.63, 3.8) is 0 Å². The molecule has 13 rings (SSSR count). The fourth-order valence-corrected chi connectivity index (χ4v) is 13.5. The predicted octanol–water partition coefficient (Wildman–Crippen LogP) is 16.0. The van der Waals surface area contributed by atoms with Crippen LogP contribution in [0.15, 0.2) is 269 Å². The number of nitrogens with zero attached hydrogens (tertiary/aromatic N) is 7. The average Bonchev–Trinajstić information content (AvgIpc) is 0.773. The number of anilines is 1. The van der Waals surface area contributed by atoms with Crippen LogP contribution in [0.1, 0.15) is 167 Å². The molecule has 4 heterocycles. The van der Waals surface area contributed by atoms with Crippen LogP contribution in [-0.4, -0.2) is 167 Å². The second-order valence-electron chi connectivity index (χ2n) is 35.8. The van der Waals surface area contributed by atoms with Crippen molar-refractivity contribution in [3.05, 3.63) is 326 Å². The van der Waals surface area contributed by atoms with Gasteiger partial charge in [0.2, 0.25) is 0 Å². The number of pyridine rings is 1. The monoisotopic (exact) mass is 1970 g/mol. The minimum atomic E-state index is -1.33. The Morgan fingerprint density at radius 2 is 0.708 bits per heavy atom. The van der Waals surface area contributed by atoms with E-state index in [-0.39, 0.29) is 67.5 Å². The molecular formula is C106H124N16O22. The highest BCUT2D eigenvalue weighted by molar-refractivity contribution is 5.93. The maximum absolute atomic E-state index is 13.8. The summed E-state index contributed by atoms with van der Waals surface area (Å²) in [6.07, 6.45) is -0.758. The number of carbonyl (C=O) groups is 8. The van der Waals surface area contributed by atoms with Crippen LogP contribution >= 0.6 is 0 Å². The number of fused-ring (bicyclic) bond motifs is 3. The number of hydrogen-bond donors (Lipinski definition) is 11. The maximum atomic E-state index is 13.8. The van der Waals surface area contributed by atoms with Crippen molar-refractivity contribution >= 4 is 86.9 Å². The Hall–Kier alpha value is -16.8. The van der Waals surface area contributed by atoms with Gasteiger partial charge < -0.3 is 102 Å². The van der Waals surface area contributed by atoms with Gasteiger partial charge in [0.05, 0.1) is 93.8 Å². The van der Waals surface area contributed by atoms with Crippen LogP contribution < -0.4 is 79.6 Å². The molecule has 0 saturated heterocycles. The first-order valence-corrected chi connectivity index (χ1v) is 46.2. The number of rotatable bonds is 31. The van der Waals surface area contributed by atoms with Crippen molar-refractivity contribution in [1.29, 1.82) is 0 Å². The molecule has 4 aromatic heterocycles. The molecule has 0 aliphatic carbocycles. The Morgan fingerprint density at radius 1 is 0.375 bits per heavy atom. The molecule has 13 aromatic rings. The van der Waals surface area contributed by atoms with Crippen molar-refractivity contribution in [2.24, 2.45) is 5.73 Å². The van der Waals surface area contributed by atoms with E-state index in [2.05, 4.69) is 47.2 Å². The quantitative estimate of drug-likeness (QED) is 0.0142. The van der Waals surface area contributed by atoms with Gasteiger partial charge in [0.25, 0.3) is 16.7 Å². The van der Waals surface area contributed by atoms with Gasteiger partial charge in [-0.25, -0.2) is 53.3 Å². The molecule has 4 atom stereocenters. The summed E-state index contributed by atoms with van der Waals surface area (Å²) < 4.78 is 52.6. The minimum absolute atomic E-state index is 0.0124. The molecular weight excluding hydrogens is 1850 g/mol. The fourth-order valence-electron chi connectivity index (χ4n) is 13.5. The second kappa shape index (κ2) is 53.0. The molecule has 0 spiro atoms. The Bertz CT molecular complexity index is 6650. The smallest absolute Gasteiger partial charge is 0.408 e. The van der Waals surface area contributed by atoms with E-state index in [4.69, 9.17) is 74.3 Å². The summed E-state index contributed by atoms with van der Waals surface area (Å²) in [4.78, 5) is 154. The molecule has 38 heteroatoms. The van der Waals surface area contributed by atoms with E-state index in [1.54, 1.807) is 240 Å². The van der Waals surface area contributed by atoms with Gasteiger partial charge >= 0.3 is 48.5 Å². The molecule has 9 aromatic carbocycles. The number of nitrogens with two attached hydrogens (primary N) is 2. The first kappa shape index (κ1) is 111. The molecule has 0 saturated carbocycles. The van der Waals surface area contributed by atoms with E-state index in [0.717, 1.165) is 16.7 Å². The zero-order chi connectivity index (χ0) is 105. The third-order valence-electron chi connectivity index (χ3n) is 19.8. The zero-order valence-electron chi connectivity index (χ0n) is 83.0. The Morgan fingerprint density at radius 3 is 1.07 bits per heavy atom. The summed E-state index contributed by atoms with van der Waals surface area (Å²) >= 11 is 0. The van der Waals surface area contributed by atoms with Gasteiger partial charge in [0.15, 0.2) is 0 Å². The third kappa shape index (κ3) is 35.5. The molecule has 0 fully saturated rings. The van der Waals surface area contributed by atoms with Crippen LogP contribution in [0, 0.1) is 0 Å². The number of nitrogen functional groups attached to an aromatic ring is 1. The normalized spacial score (nSPS) is 11.9. The third-order valence-corrected chi connectivity index (χ3v) is 19.8. The summed E-state index contributed by atoms with van der Waals surface area (Å²) in [6.45, 7) is 28.5. The van der Waals surface area contributed by atoms with Crippen molar-refractivity contribution in [3.8, 4) is 34.3 Å². The lowest BCUT2D eigenvalue weighted by Gasteiger charge is -2.25. The molecule has 0 radical (unpaired) electrons. The number of amides is 6. The number of carboxylic acid groups (broad SMARTS) is 2. The molecule has 13 N–H and O–H groups in total. The second-order valence-corrected chi connectivity index (χ2v) is 35.8. The summed E-state index contributed by atoms with van der Waals surface area (Å²) in [6, 6.07) is 67.4. The number of carboxylic acids is 2. The van der Waals surface area contributed by atoms with Crippen LogP contribution in [0.4, 0.5) is 34.5 Å². The summed E-state index contributed by atoms with van der Waals surface area (Å²) in [7, 11) is 0. The van der Waals surface area contributed by atoms with Gasteiger partial charge in [0.1, 0.15) is 82.4 Å². The van der Waals surface area contributed by atoms with E-state index in [1.807, 2.05) is 118 Å². The molecule has 144 heavy (non-hydrogen) atoms. The highest BCUT2D eigenvalue weighted by Crippen LogP contribution is 2.27. The van der Waals surface area contributed by atoms with Crippen LogP contribution in [0.5, 0.6) is 17.2 Å². The topological polar surface area (TPSA) is 514 Å². The molecule has 760 valence electrons. The van der Waals surface area contributed by atoms with E-state index in [1.165, 1.54) is 15.2 Å². The largest absolute Gasteiger partial charge is 0.494 e. The minimum Gasteiger partial charge on any atom is -0.494 e. The molecule has 0 aliphatic heterocycles. The SMILES string of the molecule is CC(C)(C)OC(=O)NC[C@@H](NC(=O)OCc1ccccc1)C(=O)O.CCOc1ccc(-n2c([C@@H](CNC(=O)OC(C)(C)C)NC(=O)OCc3ccccc3)nc3ccccc3c2=O)cc1.CCOc1ccc(-n2c([C@@H](CNC(=O)OC(C)(C)C)NCc3cccnc3)nc3ccccc3c2=O)cc1.CCOc1ccc(-n2c([C@H](N)CNC(=O)OC(C)(C)C)nc3ccccc3c2=O)cc1.Nc1ccccc1C(=O)O. The lowest BCUT2D eigenvalue weighted by molar-refractivity contribution is -0.139. The van der Waals surface area contributed by atoms with Gasteiger partial charge in [-0.3, -0.25) is 33.1 Å². The average molecular weight is 1970 g/mol. The molecule has 0 bridgehead atoms. The first-order chi connectivity index (χ1) is 68.5. The number of ether oxygens (including phenoxy) is 9. The van der Waals surface area contributed by atoms with E-state index >= 15 is 0 Å². The fraction of sp³-hybridized carbons (Fsp3) is 0.311. The van der Waals surface area contributed by atoms with E-state index in [0.29, 0.717) is 111 Å². The number of alkyl carbamates (subject to hydrolysis) is 6. The number of benzene rings is 9. The molecule has 0 aliphatic rings. The highest BCUT2D eigenvalue weighted by atomic mass is 16.6. The van der Waals surface area contributed by atoms with Crippen LogP contribution in [-0.2, 0) is 53.0 Å². The first-order valence-electron chi connectivity index (χ1n) is 46.2. The predicted molar refractivity (Wildman–Crippen MR) is 545 cm³/mol. The Labute approximate surface area is 832 Å². The lowest BCUT2D eigenvalue weighted by Crippen LogP contribution is -2.49. The Balaban J connectivity index is 0.000000210. The molecule has 0 unspecified atom stereocenters. The summed E-state index contributed by atoms with van der Waals surface area (Å²) in [5.41, 5.74) is 14.5. The van der Waals surface area contributed by atoms with Gasteiger partial charge in [-0.15, -0.1) is 0 Å². The van der Waals surface area contributed by atoms with Crippen LogP contribution in [0.3, 0.4) is 0 Å². The van der Waals surface area contributed by atoms with Crippen molar-refractivity contribution in [2.45, 2.75) is 170 Å². The summed E-state index contributed by atoms with van der Waals surface area (Å²) in [5.74, 6) is 0.751. The van der Waals surface area contributed by atoms with Crippen molar-refractivity contribution < 1.29 is 91.2 Å². The van der Waals surface area contributed by atoms with Crippen molar-refractivity contribution in [1.82, 2.24) is 70.9 Å². The number of nitrogens with one attached hydrogen (secondary N) is 7. The number of para-hydroxylation sites is 4. The number of aromatic carboxylic acids is 1. The lowest BCUT2D eigenvalue weighted by atomic mass is 10.1. The van der Waals surface area contributed by atoms with Crippen molar-refractivity contribution in [2.75, 3.05) is 51.7 Å². The van der Waals surface area contributed by atoms with Gasteiger partial charge in [-0.1, -0.05) is 115 Å². The van der Waals surface area contributed by atoms with E-state index < -0.39 is 95.1 Å². The molecule has 6 amide bonds. The van der Waals surface area contributed by atoms with Gasteiger partial charge in [0, 0.05) is 44.3 Å². The standard InChI is InChI=1S/C31H34N4O6.C29H33N5O4.C23H28N4O4.C16H22N2O6.C7H7NO2/c1-5-39-23-17-15-22(16-18-23)35-27(33-25-14-10-9-13-24(25)28(35)36)26(19-32-29(37)41-31(2,3)4)34-30(38)40-20-21-11-7-6-8-12-21;1-5-37-22-14-12-21(13-15-22)34-26(33-24-11-7-6-10-23(24)27(34)35)25(19-32-28(36)38-29(2,3)4)31-18-20-9-8-16-30-17-20;1-5-30-16-12-10-15(11-13-16)27-20(18(24)14-25-22(29)31-23(2,3)4)26-19-9-7-6-8-17(19)21(27)28;1-16(2,3)24-14(21)17-9-12(13(19)20)18-15(22)23-10-11-7-5-4-6-8-11;8-6-4-2-1-3-5(6)7(9)10/h6-18,26H,5,19-20H2,1-4H3,(H,32,37)(H,34,38);6-17,25,31H,5,18-19H2,1-4H3,(H,32,36);6-13,18H,5,14,24H2,1-4H3,(H,25,29);4-8,12H,9-10H2,1-3H3,(H,17,21)(H,18,22)(H,19,20);1-4H,8H2,(H,9,10)/t26-;25-;18-;12-;/m1111./s1. The van der Waals surface area contributed by atoms with Gasteiger partial charge in [-0.05, 0) is 248 Å². The number of carbonyl (C=O) groups excluding carboxylic acids is 6. The van der Waals surface area contributed by atoms with Crippen LogP contribution in [0.25, 0.3) is 49.8 Å². The number of aromatic nitrogens is 7. The van der Waals surface area contributed by atoms with Gasteiger partial charge in [-0.2, -0.15) is 0 Å². The Kier molecular flexibility index (Phi) is 40.8. The molecule has 38 nitrogen and oxygen atoms in total. The van der Waals surface area contributed by atoms with E-state index in [9.17, 15) is 52.7 Å². The number of aliphatic carboxylic acids is 1. The van der Waals surface area contributed by atoms with Crippen LogP contribution in [0.2, 0.25) is 0 Å². The zero-order valence-corrected chi connectivity index (χ0v) is 83.0. The number of hydrogen-bond acceptors (Lipinski definition) is 27.